The number of aromatic nitrogens is 1. The van der Waals surface area contributed by atoms with Crippen molar-refractivity contribution in [2.45, 2.75) is 39.3 Å². The Labute approximate surface area is 123 Å². The lowest BCUT2D eigenvalue weighted by Crippen LogP contribution is -2.40. The maximum absolute atomic E-state index is 12.2. The predicted octanol–water partition coefficient (Wildman–Crippen LogP) is 2.48. The smallest absolute Gasteiger partial charge is 0.268 e. The van der Waals surface area contributed by atoms with Gasteiger partial charge in [-0.15, -0.1) is 0 Å². The highest BCUT2D eigenvalue weighted by Crippen LogP contribution is 2.17. The molecule has 2 rings (SSSR count). The highest BCUT2D eigenvalue weighted by molar-refractivity contribution is 9.10. The summed E-state index contributed by atoms with van der Waals surface area (Å²) in [4.78, 5) is 14.7. The van der Waals surface area contributed by atoms with Gasteiger partial charge >= 0.3 is 0 Å². The molecule has 1 aromatic heterocycles. The van der Waals surface area contributed by atoms with Gasteiger partial charge in [0.15, 0.2) is 0 Å². The summed E-state index contributed by atoms with van der Waals surface area (Å²) in [6.07, 6.45) is 4.38. The summed E-state index contributed by atoms with van der Waals surface area (Å²) in [7, 11) is 0. The number of hydrogen-bond donors (Lipinski definition) is 1. The van der Waals surface area contributed by atoms with Crippen molar-refractivity contribution >= 4 is 21.8 Å². The first-order valence-corrected chi connectivity index (χ1v) is 7.83. The van der Waals surface area contributed by atoms with Crippen molar-refractivity contribution in [3.05, 3.63) is 22.4 Å². The molecule has 4 nitrogen and oxygen atoms in total. The van der Waals surface area contributed by atoms with Gasteiger partial charge in [-0.2, -0.15) is 0 Å². The molecule has 1 unspecified atom stereocenters. The zero-order chi connectivity index (χ0) is 13.8. The lowest BCUT2D eigenvalue weighted by atomic mass is 10.2. The van der Waals surface area contributed by atoms with E-state index in [2.05, 4.69) is 33.1 Å². The van der Waals surface area contributed by atoms with Gasteiger partial charge in [0.05, 0.1) is 0 Å². The van der Waals surface area contributed by atoms with Crippen LogP contribution in [0.1, 0.15) is 37.2 Å². The molecule has 1 aliphatic heterocycles. The van der Waals surface area contributed by atoms with Gasteiger partial charge in [-0.25, -0.2) is 0 Å². The third-order valence-electron chi connectivity index (χ3n) is 3.84. The van der Waals surface area contributed by atoms with E-state index in [1.807, 2.05) is 23.8 Å². The molecule has 0 aromatic carbocycles. The fourth-order valence-corrected chi connectivity index (χ4v) is 3.23. The van der Waals surface area contributed by atoms with Crippen LogP contribution in [0, 0.1) is 0 Å². The molecule has 1 saturated heterocycles. The largest absolute Gasteiger partial charge is 0.349 e. The van der Waals surface area contributed by atoms with E-state index in [0.717, 1.165) is 36.3 Å². The molecule has 1 aliphatic rings. The lowest BCUT2D eigenvalue weighted by molar-refractivity contribution is 0.0932. The van der Waals surface area contributed by atoms with Crippen molar-refractivity contribution < 1.29 is 4.79 Å². The van der Waals surface area contributed by atoms with Crippen molar-refractivity contribution in [3.8, 4) is 0 Å². The summed E-state index contributed by atoms with van der Waals surface area (Å²) in [6.45, 7) is 8.00. The van der Waals surface area contributed by atoms with E-state index in [9.17, 15) is 4.79 Å². The number of amides is 1. The minimum Gasteiger partial charge on any atom is -0.349 e. The summed E-state index contributed by atoms with van der Waals surface area (Å²) in [5, 5.41) is 3.07. The number of aryl methyl sites for hydroxylation is 1. The Bertz CT molecular complexity index is 444. The average molecular weight is 328 g/mol. The van der Waals surface area contributed by atoms with Crippen molar-refractivity contribution in [2.24, 2.45) is 0 Å². The van der Waals surface area contributed by atoms with E-state index >= 15 is 0 Å². The summed E-state index contributed by atoms with van der Waals surface area (Å²) in [5.74, 6) is 0.0236. The van der Waals surface area contributed by atoms with E-state index in [-0.39, 0.29) is 5.91 Å². The number of carbonyl (C=O) groups is 1. The number of nitrogens with zero attached hydrogens (tertiary/aromatic N) is 2. The fraction of sp³-hybridized carbons (Fsp3) is 0.643. The van der Waals surface area contributed by atoms with Crippen molar-refractivity contribution in [2.75, 3.05) is 19.6 Å². The topological polar surface area (TPSA) is 37.3 Å². The predicted molar refractivity (Wildman–Crippen MR) is 80.4 cm³/mol. The summed E-state index contributed by atoms with van der Waals surface area (Å²) in [5.41, 5.74) is 0.732. The average Bonchev–Trinajstić information content (AvgIpc) is 3.01. The first kappa shape index (κ1) is 14.6. The van der Waals surface area contributed by atoms with Gasteiger partial charge in [0.25, 0.3) is 5.91 Å². The van der Waals surface area contributed by atoms with Gasteiger partial charge in [0.1, 0.15) is 5.69 Å². The van der Waals surface area contributed by atoms with Gasteiger partial charge < -0.3 is 9.88 Å². The second-order valence-electron chi connectivity index (χ2n) is 4.96. The van der Waals surface area contributed by atoms with Crippen LogP contribution in [0.3, 0.4) is 0 Å². The molecule has 19 heavy (non-hydrogen) atoms. The molecule has 0 bridgehead atoms. The standard InChI is InChI=1S/C14H22BrN3O/c1-3-17-7-5-6-12(17)9-16-14(19)13-8-11(15)10-18(13)4-2/h8,10,12H,3-7,9H2,1-2H3,(H,16,19). The van der Waals surface area contributed by atoms with Crippen LogP contribution in [-0.2, 0) is 6.54 Å². The number of likely N-dealkylation sites (tertiary alicyclic amines) is 1. The zero-order valence-electron chi connectivity index (χ0n) is 11.7. The van der Waals surface area contributed by atoms with Crippen LogP contribution in [-0.4, -0.2) is 41.1 Å². The number of hydrogen-bond acceptors (Lipinski definition) is 2. The molecular formula is C14H22BrN3O. The van der Waals surface area contributed by atoms with Crippen molar-refractivity contribution in [1.29, 1.82) is 0 Å². The Morgan fingerprint density at radius 2 is 2.26 bits per heavy atom. The third kappa shape index (κ3) is 3.39. The van der Waals surface area contributed by atoms with Gasteiger partial charge in [-0.3, -0.25) is 9.69 Å². The normalized spacial score (nSPS) is 19.8. The molecule has 1 amide bonds. The molecule has 106 valence electrons. The quantitative estimate of drug-likeness (QED) is 0.902. The molecule has 2 heterocycles. The van der Waals surface area contributed by atoms with E-state index < -0.39 is 0 Å². The Morgan fingerprint density at radius 1 is 1.47 bits per heavy atom. The number of likely N-dealkylation sites (N-methyl/N-ethyl adjacent to an activating group) is 1. The molecule has 0 spiro atoms. The highest BCUT2D eigenvalue weighted by Gasteiger charge is 2.23. The SMILES string of the molecule is CCN1CCCC1CNC(=O)c1cc(Br)cn1CC. The maximum Gasteiger partial charge on any atom is 0.268 e. The monoisotopic (exact) mass is 327 g/mol. The summed E-state index contributed by atoms with van der Waals surface area (Å²) in [6, 6.07) is 2.38. The Morgan fingerprint density at radius 3 is 2.95 bits per heavy atom. The van der Waals surface area contributed by atoms with Gasteiger partial charge in [-0.1, -0.05) is 6.92 Å². The van der Waals surface area contributed by atoms with Crippen LogP contribution < -0.4 is 5.32 Å². The minimum atomic E-state index is 0.0236. The number of halogens is 1. The molecule has 0 aliphatic carbocycles. The van der Waals surface area contributed by atoms with Gasteiger partial charge in [-0.05, 0) is 54.9 Å². The van der Waals surface area contributed by atoms with Crippen LogP contribution in [0.2, 0.25) is 0 Å². The molecule has 1 N–H and O–H groups in total. The van der Waals surface area contributed by atoms with Crippen molar-refractivity contribution in [1.82, 2.24) is 14.8 Å². The number of rotatable bonds is 5. The Kier molecular flexibility index (Phi) is 5.05. The maximum atomic E-state index is 12.2. The Hall–Kier alpha value is -0.810. The number of carbonyl (C=O) groups excluding carboxylic acids is 1. The molecule has 0 saturated carbocycles. The van der Waals surface area contributed by atoms with E-state index in [4.69, 9.17) is 0 Å². The molecular weight excluding hydrogens is 306 g/mol. The van der Waals surface area contributed by atoms with Crippen LogP contribution in [0.15, 0.2) is 16.7 Å². The van der Waals surface area contributed by atoms with Crippen LogP contribution >= 0.6 is 15.9 Å². The molecule has 5 heteroatoms. The van der Waals surface area contributed by atoms with Crippen molar-refractivity contribution in [3.63, 3.8) is 0 Å². The molecule has 0 radical (unpaired) electrons. The molecule has 1 aromatic rings. The van der Waals surface area contributed by atoms with Crippen LogP contribution in [0.25, 0.3) is 0 Å². The van der Waals surface area contributed by atoms with Gasteiger partial charge in [0, 0.05) is 29.8 Å². The summed E-state index contributed by atoms with van der Waals surface area (Å²) < 4.78 is 2.92. The highest BCUT2D eigenvalue weighted by atomic mass is 79.9. The second kappa shape index (κ2) is 6.57. The van der Waals surface area contributed by atoms with E-state index in [1.54, 1.807) is 0 Å². The first-order chi connectivity index (χ1) is 9.15. The Balaban J connectivity index is 1.94. The van der Waals surface area contributed by atoms with Gasteiger partial charge in [0.2, 0.25) is 0 Å². The number of nitrogens with one attached hydrogen (secondary N) is 1. The fourth-order valence-electron chi connectivity index (χ4n) is 2.77. The summed E-state index contributed by atoms with van der Waals surface area (Å²) >= 11 is 3.42. The van der Waals surface area contributed by atoms with E-state index in [1.165, 1.54) is 12.8 Å². The van der Waals surface area contributed by atoms with Crippen LogP contribution in [0.5, 0.6) is 0 Å². The lowest BCUT2D eigenvalue weighted by Gasteiger charge is -2.22. The van der Waals surface area contributed by atoms with E-state index in [0.29, 0.717) is 6.04 Å². The first-order valence-electron chi connectivity index (χ1n) is 7.03. The zero-order valence-corrected chi connectivity index (χ0v) is 13.2. The third-order valence-corrected chi connectivity index (χ3v) is 4.27. The second-order valence-corrected chi connectivity index (χ2v) is 5.88. The molecule has 1 atom stereocenters. The van der Waals surface area contributed by atoms with Crippen LogP contribution in [0.4, 0.5) is 0 Å². The molecule has 1 fully saturated rings. The minimum absolute atomic E-state index is 0.0236.